The predicted molar refractivity (Wildman–Crippen MR) is 87.4 cm³/mol. The first-order valence-electron chi connectivity index (χ1n) is 7.06. The monoisotopic (exact) mass is 286 g/mol. The molecular formula is C16H22N4O. The third-order valence-electron chi connectivity index (χ3n) is 3.37. The number of nitrogens with zero attached hydrogens (tertiary/aromatic N) is 2. The van der Waals surface area contributed by atoms with Crippen LogP contribution in [0.25, 0.3) is 11.3 Å². The van der Waals surface area contributed by atoms with Gasteiger partial charge in [-0.25, -0.2) is 10.8 Å². The fourth-order valence-electron chi connectivity index (χ4n) is 2.15. The van der Waals surface area contributed by atoms with Crippen LogP contribution in [0.2, 0.25) is 0 Å². The highest BCUT2D eigenvalue weighted by Crippen LogP contribution is 2.22. The van der Waals surface area contributed by atoms with Crippen molar-refractivity contribution >= 4 is 17.6 Å². The summed E-state index contributed by atoms with van der Waals surface area (Å²) in [7, 11) is 0. The molecule has 21 heavy (non-hydrogen) atoms. The van der Waals surface area contributed by atoms with Gasteiger partial charge < -0.3 is 10.4 Å². The maximum atomic E-state index is 8.76. The number of hydrogen-bond acceptors (Lipinski definition) is 4. The van der Waals surface area contributed by atoms with Gasteiger partial charge in [-0.3, -0.25) is 5.01 Å². The molecule has 1 aromatic carbocycles. The lowest BCUT2D eigenvalue weighted by Crippen LogP contribution is -2.32. The van der Waals surface area contributed by atoms with E-state index in [0.717, 1.165) is 25.1 Å². The van der Waals surface area contributed by atoms with E-state index in [2.05, 4.69) is 35.1 Å². The van der Waals surface area contributed by atoms with Gasteiger partial charge in [-0.15, -0.1) is 0 Å². The van der Waals surface area contributed by atoms with Gasteiger partial charge in [0.25, 0.3) is 0 Å². The Morgan fingerprint density at radius 3 is 2.81 bits per heavy atom. The molecule has 5 heteroatoms. The molecule has 0 saturated heterocycles. The topological polar surface area (TPSA) is 73.9 Å². The molecule has 1 aromatic rings. The van der Waals surface area contributed by atoms with Gasteiger partial charge in [-0.05, 0) is 29.7 Å². The van der Waals surface area contributed by atoms with Gasteiger partial charge in [-0.1, -0.05) is 36.9 Å². The molecule has 2 rings (SSSR count). The van der Waals surface area contributed by atoms with E-state index in [9.17, 15) is 0 Å². The van der Waals surface area contributed by atoms with Crippen molar-refractivity contribution in [3.05, 3.63) is 48.0 Å². The van der Waals surface area contributed by atoms with Crippen LogP contribution < -0.4 is 11.2 Å². The van der Waals surface area contributed by atoms with Gasteiger partial charge in [0.05, 0.1) is 18.8 Å². The summed E-state index contributed by atoms with van der Waals surface area (Å²) in [5.41, 5.74) is 4.24. The lowest BCUT2D eigenvalue weighted by Gasteiger charge is -2.14. The van der Waals surface area contributed by atoms with E-state index in [1.807, 2.05) is 12.1 Å². The van der Waals surface area contributed by atoms with Gasteiger partial charge in [0, 0.05) is 6.54 Å². The minimum Gasteiger partial charge on any atom is -0.394 e. The third-order valence-corrected chi connectivity index (χ3v) is 3.37. The molecule has 0 radical (unpaired) electrons. The molecule has 1 aliphatic rings. The number of aliphatic imine (C=N–C) groups is 1. The van der Waals surface area contributed by atoms with E-state index in [-0.39, 0.29) is 6.61 Å². The fraction of sp³-hybridized carbons (Fsp3) is 0.312. The van der Waals surface area contributed by atoms with Crippen LogP contribution in [0, 0.1) is 0 Å². The van der Waals surface area contributed by atoms with Crippen LogP contribution in [-0.2, 0) is 0 Å². The van der Waals surface area contributed by atoms with Crippen LogP contribution in [0.15, 0.2) is 41.9 Å². The standard InChI is InChI=1S/C16H22N4O/c1-13(19-12-20(17)10-11-21)14-2-4-15(5-3-14)16-6-8-18-9-7-16/h2-6,12,18,21H,1,7-11,17H2/b19-12-. The second-order valence-electron chi connectivity index (χ2n) is 4.91. The van der Waals surface area contributed by atoms with E-state index in [1.165, 1.54) is 22.5 Å². The van der Waals surface area contributed by atoms with Gasteiger partial charge in [0.1, 0.15) is 6.34 Å². The second kappa shape index (κ2) is 7.73. The maximum Gasteiger partial charge on any atom is 0.105 e. The largest absolute Gasteiger partial charge is 0.394 e. The minimum atomic E-state index is -0.00629. The molecule has 1 aliphatic heterocycles. The summed E-state index contributed by atoms with van der Waals surface area (Å²) in [6.07, 6.45) is 4.76. The summed E-state index contributed by atoms with van der Waals surface area (Å²) in [6.45, 7) is 6.24. The average Bonchev–Trinajstić information content (AvgIpc) is 2.54. The normalized spacial score (nSPS) is 15.0. The van der Waals surface area contributed by atoms with Crippen molar-refractivity contribution in [3.63, 3.8) is 0 Å². The van der Waals surface area contributed by atoms with Crippen molar-refractivity contribution in [2.75, 3.05) is 26.2 Å². The average molecular weight is 286 g/mol. The van der Waals surface area contributed by atoms with Crippen LogP contribution in [0.5, 0.6) is 0 Å². The zero-order valence-corrected chi connectivity index (χ0v) is 12.1. The van der Waals surface area contributed by atoms with E-state index < -0.39 is 0 Å². The molecule has 1 heterocycles. The SMILES string of the molecule is C=C(/N=C\N(N)CCO)c1ccc(C2=CCNCC2)cc1. The highest BCUT2D eigenvalue weighted by Gasteiger charge is 2.06. The molecular weight excluding hydrogens is 264 g/mol. The van der Waals surface area contributed by atoms with E-state index in [0.29, 0.717) is 12.2 Å². The van der Waals surface area contributed by atoms with Crippen molar-refractivity contribution in [1.82, 2.24) is 10.3 Å². The molecule has 0 fully saturated rings. The first-order valence-corrected chi connectivity index (χ1v) is 7.06. The van der Waals surface area contributed by atoms with E-state index >= 15 is 0 Å². The molecule has 112 valence electrons. The summed E-state index contributed by atoms with van der Waals surface area (Å²) in [4.78, 5) is 4.20. The van der Waals surface area contributed by atoms with Crippen molar-refractivity contribution in [2.45, 2.75) is 6.42 Å². The maximum absolute atomic E-state index is 8.76. The molecule has 0 amide bonds. The molecule has 0 aromatic heterocycles. The lowest BCUT2D eigenvalue weighted by molar-refractivity contribution is 0.254. The number of nitrogens with one attached hydrogen (secondary N) is 1. The van der Waals surface area contributed by atoms with Crippen molar-refractivity contribution in [1.29, 1.82) is 0 Å². The van der Waals surface area contributed by atoms with Crippen molar-refractivity contribution in [2.24, 2.45) is 10.8 Å². The summed E-state index contributed by atoms with van der Waals surface area (Å²) in [6, 6.07) is 8.23. The first kappa shape index (κ1) is 15.4. The van der Waals surface area contributed by atoms with Crippen LogP contribution in [0.1, 0.15) is 17.5 Å². The minimum absolute atomic E-state index is 0.00629. The van der Waals surface area contributed by atoms with Crippen LogP contribution in [0.3, 0.4) is 0 Å². The molecule has 0 atom stereocenters. The second-order valence-corrected chi connectivity index (χ2v) is 4.91. The number of hydrogen-bond donors (Lipinski definition) is 3. The third kappa shape index (κ3) is 4.53. The molecule has 0 bridgehead atoms. The summed E-state index contributed by atoms with van der Waals surface area (Å²) in [5, 5.41) is 13.4. The van der Waals surface area contributed by atoms with Crippen LogP contribution >= 0.6 is 0 Å². The highest BCUT2D eigenvalue weighted by atomic mass is 16.3. The quantitative estimate of drug-likeness (QED) is 0.318. The Balaban J connectivity index is 2.01. The van der Waals surface area contributed by atoms with Crippen molar-refractivity contribution in [3.8, 4) is 0 Å². The Morgan fingerprint density at radius 1 is 1.43 bits per heavy atom. The number of hydrazine groups is 1. The number of aliphatic hydroxyl groups excluding tert-OH is 1. The Kier molecular flexibility index (Phi) is 5.68. The van der Waals surface area contributed by atoms with Gasteiger partial charge in [-0.2, -0.15) is 0 Å². The van der Waals surface area contributed by atoms with Gasteiger partial charge in [0.15, 0.2) is 0 Å². The molecule has 4 N–H and O–H groups in total. The number of benzene rings is 1. The number of nitrogens with two attached hydrogens (primary N) is 1. The lowest BCUT2D eigenvalue weighted by atomic mass is 9.99. The zero-order chi connectivity index (χ0) is 15.1. The summed E-state index contributed by atoms with van der Waals surface area (Å²) < 4.78 is 0. The fourth-order valence-corrected chi connectivity index (χ4v) is 2.15. The molecule has 5 nitrogen and oxygen atoms in total. The summed E-state index contributed by atoms with van der Waals surface area (Å²) >= 11 is 0. The van der Waals surface area contributed by atoms with Crippen LogP contribution in [-0.4, -0.2) is 42.7 Å². The Hall–Kier alpha value is -1.95. The van der Waals surface area contributed by atoms with Crippen LogP contribution in [0.4, 0.5) is 0 Å². The number of rotatable bonds is 6. The van der Waals surface area contributed by atoms with E-state index in [4.69, 9.17) is 10.9 Å². The molecule has 0 unspecified atom stereocenters. The Bertz CT molecular complexity index is 534. The number of aliphatic hydroxyl groups is 1. The van der Waals surface area contributed by atoms with Crippen molar-refractivity contribution < 1.29 is 5.11 Å². The Morgan fingerprint density at radius 2 is 2.19 bits per heavy atom. The molecule has 0 aliphatic carbocycles. The predicted octanol–water partition coefficient (Wildman–Crippen LogP) is 1.23. The Labute approximate surface area is 125 Å². The zero-order valence-electron chi connectivity index (χ0n) is 12.1. The van der Waals surface area contributed by atoms with E-state index in [1.54, 1.807) is 0 Å². The highest BCUT2D eigenvalue weighted by molar-refractivity contribution is 5.73. The first-order chi connectivity index (χ1) is 10.2. The van der Waals surface area contributed by atoms with Gasteiger partial charge in [0.2, 0.25) is 0 Å². The smallest absolute Gasteiger partial charge is 0.105 e. The summed E-state index contributed by atoms with van der Waals surface area (Å²) in [5.74, 6) is 5.60. The molecule has 0 saturated carbocycles. The van der Waals surface area contributed by atoms with Gasteiger partial charge >= 0.3 is 0 Å². The molecule has 0 spiro atoms.